The van der Waals surface area contributed by atoms with Crippen molar-refractivity contribution in [3.8, 4) is 0 Å². The monoisotopic (exact) mass is 383 g/mol. The molecule has 6 heteroatoms. The van der Waals surface area contributed by atoms with E-state index in [0.717, 1.165) is 17.5 Å². The number of hydrogen-bond donors (Lipinski definition) is 3. The molecule has 0 atom stereocenters. The Morgan fingerprint density at radius 2 is 1.93 bits per heavy atom. The predicted molar refractivity (Wildman–Crippen MR) is 111 cm³/mol. The largest absolute Gasteiger partial charge is 0.361 e. The Balaban J connectivity index is 1.60. The lowest BCUT2D eigenvalue weighted by molar-refractivity contribution is -0.123. The Morgan fingerprint density at radius 1 is 1.19 bits per heavy atom. The minimum absolute atomic E-state index is 0.0601. The van der Waals surface area contributed by atoms with Crippen molar-refractivity contribution in [1.29, 1.82) is 0 Å². The summed E-state index contributed by atoms with van der Waals surface area (Å²) in [6, 6.07) is 9.99. The second-order valence-electron chi connectivity index (χ2n) is 7.69. The Kier molecular flexibility index (Phi) is 5.37. The van der Waals surface area contributed by atoms with Crippen LogP contribution in [0.3, 0.4) is 0 Å². The first-order valence-corrected chi connectivity index (χ1v) is 9.82. The van der Waals surface area contributed by atoms with Gasteiger partial charge in [0, 0.05) is 29.1 Å². The molecule has 27 heavy (non-hydrogen) atoms. The van der Waals surface area contributed by atoms with E-state index in [9.17, 15) is 9.59 Å². The lowest BCUT2D eigenvalue weighted by atomic mass is 9.96. The molecule has 0 bridgehead atoms. The summed E-state index contributed by atoms with van der Waals surface area (Å²) in [6.45, 7) is 8.03. The summed E-state index contributed by atoms with van der Waals surface area (Å²) in [4.78, 5) is 28.5. The third kappa shape index (κ3) is 4.39. The Morgan fingerprint density at radius 3 is 2.67 bits per heavy atom. The number of aryl methyl sites for hydroxylation is 1. The van der Waals surface area contributed by atoms with Crippen LogP contribution < -0.4 is 10.6 Å². The molecular weight excluding hydrogens is 358 g/mol. The molecule has 3 aromatic rings. The molecule has 142 valence electrons. The van der Waals surface area contributed by atoms with Gasteiger partial charge in [-0.1, -0.05) is 39.0 Å². The highest BCUT2D eigenvalue weighted by Gasteiger charge is 2.23. The van der Waals surface area contributed by atoms with E-state index in [2.05, 4.69) is 21.7 Å². The number of aromatic nitrogens is 1. The van der Waals surface area contributed by atoms with Gasteiger partial charge in [-0.2, -0.15) is 0 Å². The molecule has 1 aromatic carbocycles. The summed E-state index contributed by atoms with van der Waals surface area (Å²) in [5.74, 6) is -0.163. The average Bonchev–Trinajstić information content (AvgIpc) is 3.18. The number of fused-ring (bicyclic) bond motifs is 1. The van der Waals surface area contributed by atoms with Gasteiger partial charge in [-0.15, -0.1) is 11.3 Å². The molecule has 3 N–H and O–H groups in total. The number of H-pyrrole nitrogens is 1. The summed E-state index contributed by atoms with van der Waals surface area (Å²) in [5.41, 5.74) is 2.69. The van der Waals surface area contributed by atoms with Crippen molar-refractivity contribution in [3.63, 3.8) is 0 Å². The van der Waals surface area contributed by atoms with Crippen LogP contribution in [-0.2, 0) is 11.2 Å². The van der Waals surface area contributed by atoms with Crippen LogP contribution in [0.4, 0.5) is 5.00 Å². The number of hydrogen-bond acceptors (Lipinski definition) is 3. The Labute approximate surface area is 163 Å². The molecule has 2 amide bonds. The molecule has 3 rings (SSSR count). The zero-order valence-corrected chi connectivity index (χ0v) is 16.9. The molecule has 0 saturated heterocycles. The third-order valence-electron chi connectivity index (χ3n) is 4.40. The smallest absolute Gasteiger partial charge is 0.261 e. The summed E-state index contributed by atoms with van der Waals surface area (Å²) in [7, 11) is 0. The maximum Gasteiger partial charge on any atom is 0.261 e. The topological polar surface area (TPSA) is 74.0 Å². The molecule has 0 aliphatic carbocycles. The minimum atomic E-state index is -0.473. The molecule has 0 aliphatic heterocycles. The number of amides is 2. The summed E-state index contributed by atoms with van der Waals surface area (Å²) in [5, 5.41) is 7.77. The van der Waals surface area contributed by atoms with Crippen molar-refractivity contribution in [3.05, 3.63) is 52.5 Å². The first-order chi connectivity index (χ1) is 12.8. The van der Waals surface area contributed by atoms with E-state index in [1.807, 2.05) is 58.2 Å². The zero-order valence-electron chi connectivity index (χ0n) is 16.1. The molecule has 5 nitrogen and oxygen atoms in total. The normalized spacial score (nSPS) is 11.6. The number of para-hydroxylation sites is 1. The number of carbonyl (C=O) groups excluding carboxylic acids is 2. The fourth-order valence-corrected chi connectivity index (χ4v) is 3.78. The molecule has 0 saturated carbocycles. The standard InChI is InChI=1S/C21H25N3O2S/c1-13-11-17(24-20(26)21(2,3)4)27-18(13)19(25)22-10-9-14-12-23-16-8-6-5-7-15(14)16/h5-8,11-12,23H,9-10H2,1-4H3,(H,22,25)(H,24,26). The van der Waals surface area contributed by atoms with E-state index in [1.54, 1.807) is 0 Å². The average molecular weight is 384 g/mol. The fourth-order valence-electron chi connectivity index (χ4n) is 2.80. The molecule has 0 aliphatic rings. The first kappa shape index (κ1) is 19.2. The summed E-state index contributed by atoms with van der Waals surface area (Å²) < 4.78 is 0. The number of aromatic amines is 1. The van der Waals surface area contributed by atoms with Gasteiger partial charge in [0.05, 0.1) is 9.88 Å². The van der Waals surface area contributed by atoms with Crippen molar-refractivity contribution in [2.45, 2.75) is 34.1 Å². The number of thiophene rings is 1. The number of benzene rings is 1. The van der Waals surface area contributed by atoms with Crippen LogP contribution in [0.2, 0.25) is 0 Å². The molecular formula is C21H25N3O2S. The van der Waals surface area contributed by atoms with E-state index in [-0.39, 0.29) is 11.8 Å². The maximum atomic E-state index is 12.5. The molecule has 2 heterocycles. The molecule has 0 radical (unpaired) electrons. The number of carbonyl (C=O) groups is 2. The molecule has 0 unspecified atom stereocenters. The lowest BCUT2D eigenvalue weighted by Gasteiger charge is -2.16. The van der Waals surface area contributed by atoms with Gasteiger partial charge in [0.2, 0.25) is 5.91 Å². The number of anilines is 1. The zero-order chi connectivity index (χ0) is 19.6. The lowest BCUT2D eigenvalue weighted by Crippen LogP contribution is -2.27. The Hall–Kier alpha value is -2.60. The maximum absolute atomic E-state index is 12.5. The molecule has 0 spiro atoms. The summed E-state index contributed by atoms with van der Waals surface area (Å²) >= 11 is 1.31. The highest BCUT2D eigenvalue weighted by Crippen LogP contribution is 2.28. The van der Waals surface area contributed by atoms with Crippen LogP contribution in [0.15, 0.2) is 36.5 Å². The van der Waals surface area contributed by atoms with Crippen LogP contribution in [0.25, 0.3) is 10.9 Å². The van der Waals surface area contributed by atoms with Crippen molar-refractivity contribution in [2.24, 2.45) is 5.41 Å². The first-order valence-electron chi connectivity index (χ1n) is 9.01. The predicted octanol–water partition coefficient (Wildman–Crippen LogP) is 4.49. The SMILES string of the molecule is Cc1cc(NC(=O)C(C)(C)C)sc1C(=O)NCCc1c[nH]c2ccccc12. The van der Waals surface area contributed by atoms with Crippen molar-refractivity contribution >= 4 is 39.1 Å². The van der Waals surface area contributed by atoms with Gasteiger partial charge in [-0.25, -0.2) is 0 Å². The van der Waals surface area contributed by atoms with Crippen LogP contribution in [0.1, 0.15) is 41.6 Å². The highest BCUT2D eigenvalue weighted by atomic mass is 32.1. The van der Waals surface area contributed by atoms with E-state index >= 15 is 0 Å². The van der Waals surface area contributed by atoms with Crippen LogP contribution in [0.5, 0.6) is 0 Å². The van der Waals surface area contributed by atoms with E-state index in [1.165, 1.54) is 22.3 Å². The van der Waals surface area contributed by atoms with Gasteiger partial charge < -0.3 is 15.6 Å². The second kappa shape index (κ2) is 7.56. The minimum Gasteiger partial charge on any atom is -0.361 e. The third-order valence-corrected chi connectivity index (χ3v) is 5.55. The fraction of sp³-hybridized carbons (Fsp3) is 0.333. The van der Waals surface area contributed by atoms with Gasteiger partial charge in [-0.3, -0.25) is 9.59 Å². The van der Waals surface area contributed by atoms with Crippen LogP contribution >= 0.6 is 11.3 Å². The second-order valence-corrected chi connectivity index (χ2v) is 8.74. The molecule has 0 fully saturated rings. The quantitative estimate of drug-likeness (QED) is 0.607. The highest BCUT2D eigenvalue weighted by molar-refractivity contribution is 7.18. The van der Waals surface area contributed by atoms with Gasteiger partial charge >= 0.3 is 0 Å². The van der Waals surface area contributed by atoms with Gasteiger partial charge in [-0.05, 0) is 36.6 Å². The van der Waals surface area contributed by atoms with Gasteiger partial charge in [0.1, 0.15) is 0 Å². The Bertz CT molecular complexity index is 979. The van der Waals surface area contributed by atoms with Crippen molar-refractivity contribution in [2.75, 3.05) is 11.9 Å². The number of nitrogens with one attached hydrogen (secondary N) is 3. The van der Waals surface area contributed by atoms with Crippen LogP contribution in [-0.4, -0.2) is 23.3 Å². The van der Waals surface area contributed by atoms with Gasteiger partial charge in [0.15, 0.2) is 0 Å². The van der Waals surface area contributed by atoms with Gasteiger partial charge in [0.25, 0.3) is 5.91 Å². The van der Waals surface area contributed by atoms with Crippen molar-refractivity contribution < 1.29 is 9.59 Å². The van der Waals surface area contributed by atoms with Crippen molar-refractivity contribution in [1.82, 2.24) is 10.3 Å². The number of rotatable bonds is 5. The molecule has 2 aromatic heterocycles. The summed E-state index contributed by atoms with van der Waals surface area (Å²) in [6.07, 6.45) is 2.75. The van der Waals surface area contributed by atoms with E-state index in [0.29, 0.717) is 16.4 Å². The van der Waals surface area contributed by atoms with Crippen LogP contribution in [0, 0.1) is 12.3 Å². The van der Waals surface area contributed by atoms with E-state index in [4.69, 9.17) is 0 Å². The van der Waals surface area contributed by atoms with E-state index < -0.39 is 5.41 Å².